The predicted octanol–water partition coefficient (Wildman–Crippen LogP) is 6.26. The van der Waals surface area contributed by atoms with Gasteiger partial charge in [-0.25, -0.2) is 9.59 Å². The van der Waals surface area contributed by atoms with Crippen LogP contribution in [0, 0.1) is 17.8 Å². The molecule has 0 unspecified atom stereocenters. The summed E-state index contributed by atoms with van der Waals surface area (Å²) >= 11 is 12.5. The van der Waals surface area contributed by atoms with Crippen molar-refractivity contribution in [2.75, 3.05) is 72.7 Å². The van der Waals surface area contributed by atoms with Crippen LogP contribution in [-0.2, 0) is 70.0 Å². The number of halogens is 1. The molecule has 2 aromatic carbocycles. The third-order valence-electron chi connectivity index (χ3n) is 16.8. The summed E-state index contributed by atoms with van der Waals surface area (Å²) in [5.41, 5.74) is 5.38. The molecule has 0 radical (unpaired) electrons. The van der Waals surface area contributed by atoms with Crippen LogP contribution < -0.4 is 31.3 Å². The quantitative estimate of drug-likeness (QED) is 0.0243. The molecule has 3 aromatic rings. The zero-order chi connectivity index (χ0) is 66.2. The number of likely N-dealkylation sites (N-methyl/N-ethyl adjacent to an activating group) is 1. The molecule has 23 nitrogen and oxygen atoms in total. The number of carbonyl (C=O) groups is 8. The number of aliphatic hydroxyl groups is 1. The average Bonchev–Trinajstić information content (AvgIpc) is 1.57. The molecule has 0 spiro atoms. The number of nitrogens with zero attached hydrogens (tertiary/aromatic N) is 3. The smallest absolute Gasteiger partial charge is 0.328 e. The predicted molar refractivity (Wildman–Crippen MR) is 341 cm³/mol. The van der Waals surface area contributed by atoms with Crippen LogP contribution in [-0.4, -0.2) is 183 Å². The van der Waals surface area contributed by atoms with Crippen molar-refractivity contribution < 1.29 is 76.6 Å². The molecule has 25 heteroatoms. The Balaban J connectivity index is 1.15. The van der Waals surface area contributed by atoms with Crippen molar-refractivity contribution >= 4 is 92.7 Å². The number of nitrogens with two attached hydrogens (primary N) is 1. The molecule has 6 N–H and O–H groups in total. The minimum atomic E-state index is -1.65. The third kappa shape index (κ3) is 19.5. The average molecular weight is 1290 g/mol. The van der Waals surface area contributed by atoms with E-state index in [2.05, 4.69) is 16.0 Å². The van der Waals surface area contributed by atoms with Crippen LogP contribution in [0.2, 0.25) is 5.02 Å². The Hall–Kier alpha value is -6.93. The Bertz CT molecular complexity index is 3180. The van der Waals surface area contributed by atoms with Gasteiger partial charge in [-0.3, -0.25) is 33.8 Å². The van der Waals surface area contributed by atoms with Crippen LogP contribution in [0.15, 0.2) is 66.3 Å². The summed E-state index contributed by atoms with van der Waals surface area (Å²) in [7, 11) is 5.92. The molecule has 3 aliphatic rings. The number of thiocarbonyl (C=S) groups is 1. The highest BCUT2D eigenvalue weighted by molar-refractivity contribution is 7.80. The van der Waals surface area contributed by atoms with Crippen molar-refractivity contribution in [2.45, 2.75) is 154 Å². The number of aromatic nitrogens is 1. The van der Waals surface area contributed by atoms with Gasteiger partial charge in [0, 0.05) is 82.0 Å². The van der Waals surface area contributed by atoms with Crippen LogP contribution in [0.1, 0.15) is 115 Å². The first kappa shape index (κ1) is 72.1. The number of esters is 2. The molecule has 2 saturated heterocycles. The first-order valence-corrected chi connectivity index (χ1v) is 31.1. The number of hydrogen-bond acceptors (Lipinski definition) is 18. The number of ether oxygens (including phenoxy) is 7. The normalized spacial score (nSPS) is 23.8. The van der Waals surface area contributed by atoms with Gasteiger partial charge < -0.3 is 69.7 Å². The minimum absolute atomic E-state index is 0.00650. The van der Waals surface area contributed by atoms with Gasteiger partial charge in [0.25, 0.3) is 5.91 Å². The van der Waals surface area contributed by atoms with E-state index in [9.17, 15) is 43.5 Å². The number of carbonyl (C=O) groups excluding carboxylic acids is 8. The summed E-state index contributed by atoms with van der Waals surface area (Å²) in [5, 5.41) is 21.4. The Morgan fingerprint density at radius 3 is 2.40 bits per heavy atom. The zero-order valence-corrected chi connectivity index (χ0v) is 54.9. The van der Waals surface area contributed by atoms with Crippen molar-refractivity contribution in [3.05, 3.63) is 88.1 Å². The molecule has 0 saturated carbocycles. The molecule has 5 amide bonds. The van der Waals surface area contributed by atoms with Gasteiger partial charge in [-0.05, 0) is 94.8 Å². The number of rotatable bonds is 27. The maximum absolute atomic E-state index is 14.5. The summed E-state index contributed by atoms with van der Waals surface area (Å²) in [6, 6.07) is 8.80. The van der Waals surface area contributed by atoms with Crippen LogP contribution in [0.3, 0.4) is 0 Å². The highest BCUT2D eigenvalue weighted by atomic mass is 35.5. The standard InChI is InChI=1S/C65H88ClN7O16S/c1-37(2)46(33-55(90)68-23-25-86-27-26-85-24-21-39(4)74)60(78)71-48(15-13-22-69-63(67)81)50(75)32-45-19-17-43-31-44(18-20-47(43)70-45)61(79)72(8)41(6)62(80)88-54-34-56(76)73(9)49-29-42(30-51(83-10)58(49)66)28-38(3)14-12-16-53(84-11)65(82)35-52(87-57(77)36-65)40(5)59-64(54,7)89-59/h12,14,16-20,29-31,37,40-41,46,48,52-54,59,82H,13,15,21-28,32-36H2,1-11H3,(H,68,90)(H,71,78)(H3,67,69,81)/b16-12+,38-14+/t40-,41+,46+,48+,52+,53-,54+,59+,64+,65-/m1/s1. The van der Waals surface area contributed by atoms with E-state index in [-0.39, 0.29) is 72.6 Å². The van der Waals surface area contributed by atoms with Gasteiger partial charge in [0.2, 0.25) is 11.8 Å². The van der Waals surface area contributed by atoms with Gasteiger partial charge in [0.15, 0.2) is 5.78 Å². The number of primary amides is 1. The largest absolute Gasteiger partial charge is 0.495 e. The molecular weight excluding hydrogens is 1200 g/mol. The molecule has 90 heavy (non-hydrogen) atoms. The highest BCUT2D eigenvalue weighted by Gasteiger charge is 2.64. The van der Waals surface area contributed by atoms with E-state index in [0.29, 0.717) is 85.3 Å². The lowest BCUT2D eigenvalue weighted by atomic mass is 9.78. The fourth-order valence-corrected chi connectivity index (χ4v) is 11.7. The van der Waals surface area contributed by atoms with Crippen molar-refractivity contribution in [1.29, 1.82) is 0 Å². The number of amides is 5. The van der Waals surface area contributed by atoms with Gasteiger partial charge in [-0.15, -0.1) is 0 Å². The number of benzene rings is 2. The number of nitrogens with one attached hydrogen (secondary N) is 3. The zero-order valence-electron chi connectivity index (χ0n) is 53.4. The Labute approximate surface area is 536 Å². The van der Waals surface area contributed by atoms with Gasteiger partial charge in [0.1, 0.15) is 52.1 Å². The van der Waals surface area contributed by atoms with Crippen LogP contribution in [0.5, 0.6) is 5.75 Å². The number of Topliss-reactive ketones (excluding diaryl/α,β-unsaturated/α-hetero) is 2. The van der Waals surface area contributed by atoms with E-state index >= 15 is 0 Å². The number of ketones is 2. The number of allylic oxidation sites excluding steroid dienone is 3. The van der Waals surface area contributed by atoms with Gasteiger partial charge in [0.05, 0.1) is 81.1 Å². The summed E-state index contributed by atoms with van der Waals surface area (Å²) in [6.45, 7) is 14.1. The van der Waals surface area contributed by atoms with Gasteiger partial charge in [-0.1, -0.05) is 74.5 Å². The van der Waals surface area contributed by atoms with Crippen LogP contribution in [0.4, 0.5) is 10.5 Å². The first-order valence-electron chi connectivity index (χ1n) is 30.3. The van der Waals surface area contributed by atoms with Crippen molar-refractivity contribution in [3.8, 4) is 5.75 Å². The Kier molecular flexibility index (Phi) is 26.4. The number of anilines is 1. The summed E-state index contributed by atoms with van der Waals surface area (Å²) in [6.07, 6.45) is 2.15. The number of epoxide rings is 1. The van der Waals surface area contributed by atoms with E-state index in [4.69, 9.17) is 67.7 Å². The molecular formula is C65H88ClN7O16S. The molecule has 6 rings (SSSR count). The van der Waals surface area contributed by atoms with Crippen LogP contribution in [0.25, 0.3) is 10.9 Å². The van der Waals surface area contributed by atoms with E-state index in [1.807, 2.05) is 26.8 Å². The van der Waals surface area contributed by atoms with Crippen molar-refractivity contribution in [2.24, 2.45) is 23.5 Å². The number of fused-ring (bicyclic) bond motifs is 6. The third-order valence-corrected chi connectivity index (χ3v) is 17.5. The molecule has 10 atom stereocenters. The lowest BCUT2D eigenvalue weighted by molar-refractivity contribution is -0.187. The number of urea groups is 1. The highest BCUT2D eigenvalue weighted by Crippen LogP contribution is 2.50. The SMILES string of the molecule is COc1cc2cc(c1Cl)N(C)C(=O)C[C@H](OC(=O)[C@H](C)N(C)C(=O)c1ccc3nc(CC(=O)[C@H](CCCNC(N)=O)NC(=O)[C@@H](CC(=S)NCCOCCOCCC(C)=O)C(C)C)ccc3c1)[C@]1(C)O[C@H]1[C@H](C)[C@@H]1C[C@@](O)(CC(=O)O1)[C@H](OC)/C=C/C=C(\C)C2. The molecule has 4 bridgehead atoms. The van der Waals surface area contributed by atoms with E-state index < -0.39 is 95.7 Å². The second kappa shape index (κ2) is 32.9. The fraction of sp³-hybridized carbons (Fsp3) is 0.569. The number of pyridine rings is 1. The number of hydrogen-bond donors (Lipinski definition) is 5. The molecule has 1 aromatic heterocycles. The molecule has 0 aliphatic carbocycles. The van der Waals surface area contributed by atoms with Gasteiger partial charge >= 0.3 is 18.0 Å². The topological polar surface area (TPSA) is 306 Å². The molecule has 2 fully saturated rings. The molecule has 4 heterocycles. The first-order chi connectivity index (χ1) is 42.6. The Morgan fingerprint density at radius 2 is 1.72 bits per heavy atom. The number of methoxy groups -OCH3 is 2. The maximum atomic E-state index is 14.5. The summed E-state index contributed by atoms with van der Waals surface area (Å²) in [4.78, 5) is 115. The molecule has 3 aliphatic heterocycles. The minimum Gasteiger partial charge on any atom is -0.495 e. The lowest BCUT2D eigenvalue weighted by Crippen LogP contribution is -2.53. The maximum Gasteiger partial charge on any atom is 0.328 e. The fourth-order valence-electron chi connectivity index (χ4n) is 11.1. The van der Waals surface area contributed by atoms with Crippen molar-refractivity contribution in [1.82, 2.24) is 25.8 Å². The summed E-state index contributed by atoms with van der Waals surface area (Å²) < 4.78 is 40.9. The van der Waals surface area contributed by atoms with Crippen LogP contribution >= 0.6 is 23.8 Å². The molecule has 492 valence electrons. The monoisotopic (exact) mass is 1290 g/mol. The second-order valence-corrected chi connectivity index (χ2v) is 24.9. The lowest BCUT2D eigenvalue weighted by Gasteiger charge is -2.41. The van der Waals surface area contributed by atoms with E-state index in [0.717, 1.165) is 11.1 Å². The Morgan fingerprint density at radius 1 is 1.00 bits per heavy atom. The summed E-state index contributed by atoms with van der Waals surface area (Å²) in [5.74, 6) is -4.16. The van der Waals surface area contributed by atoms with Crippen molar-refractivity contribution in [3.63, 3.8) is 0 Å². The second-order valence-electron chi connectivity index (χ2n) is 24.1. The van der Waals surface area contributed by atoms with E-state index in [1.165, 1.54) is 44.9 Å². The van der Waals surface area contributed by atoms with E-state index in [1.54, 1.807) is 75.5 Å². The van der Waals surface area contributed by atoms with Gasteiger partial charge in [-0.2, -0.15) is 0 Å².